The van der Waals surface area contributed by atoms with Gasteiger partial charge in [0.1, 0.15) is 11.4 Å². The summed E-state index contributed by atoms with van der Waals surface area (Å²) in [5.74, 6) is 1.13. The molecule has 0 N–H and O–H groups in total. The molecular formula is C29H43NO3. The number of ether oxygens (including phenoxy) is 1. The van der Waals surface area contributed by atoms with Crippen molar-refractivity contribution in [2.24, 2.45) is 17.8 Å². The van der Waals surface area contributed by atoms with Gasteiger partial charge in [-0.1, -0.05) is 39.0 Å². The highest BCUT2D eigenvalue weighted by atomic mass is 16.6. The smallest absolute Gasteiger partial charge is 0.333 e. The molecule has 182 valence electrons. The molecule has 1 aromatic rings. The van der Waals surface area contributed by atoms with Gasteiger partial charge in [0.2, 0.25) is 0 Å². The second-order valence-electron chi connectivity index (χ2n) is 10.7. The van der Waals surface area contributed by atoms with Crippen molar-refractivity contribution in [3.63, 3.8) is 0 Å². The lowest BCUT2D eigenvalue weighted by Crippen LogP contribution is -2.27. The summed E-state index contributed by atoms with van der Waals surface area (Å²) in [6, 6.07) is 3.98. The molecule has 1 heterocycles. The first-order chi connectivity index (χ1) is 15.6. The fourth-order valence-corrected chi connectivity index (χ4v) is 4.77. The van der Waals surface area contributed by atoms with Crippen molar-refractivity contribution in [2.75, 3.05) is 0 Å². The lowest BCUT2D eigenvalue weighted by molar-refractivity contribution is -0.150. The molecular weight excluding hydrogens is 410 g/mol. The zero-order valence-electron chi connectivity index (χ0n) is 21.2. The third-order valence-corrected chi connectivity index (χ3v) is 6.64. The molecule has 0 aliphatic heterocycles. The number of Topliss-reactive ketones (excluding diaryl/α,β-unsaturated/α-hetero) is 1. The average Bonchev–Trinajstić information content (AvgIpc) is 2.77. The van der Waals surface area contributed by atoms with Crippen LogP contribution in [0.25, 0.3) is 5.57 Å². The van der Waals surface area contributed by atoms with E-state index in [1.807, 2.05) is 39.1 Å². The van der Waals surface area contributed by atoms with E-state index < -0.39 is 5.60 Å². The van der Waals surface area contributed by atoms with Gasteiger partial charge in [0.05, 0.1) is 0 Å². The van der Waals surface area contributed by atoms with Crippen molar-refractivity contribution in [1.29, 1.82) is 0 Å². The molecule has 1 atom stereocenters. The van der Waals surface area contributed by atoms with Gasteiger partial charge >= 0.3 is 5.97 Å². The number of esters is 1. The highest BCUT2D eigenvalue weighted by molar-refractivity contribution is 5.88. The van der Waals surface area contributed by atoms with Crippen LogP contribution in [0.5, 0.6) is 0 Å². The molecule has 4 nitrogen and oxygen atoms in total. The Morgan fingerprint density at radius 2 is 1.85 bits per heavy atom. The number of hydrogen-bond donors (Lipinski definition) is 0. The highest BCUT2D eigenvalue weighted by Gasteiger charge is 2.29. The second-order valence-corrected chi connectivity index (χ2v) is 10.7. The Kier molecular flexibility index (Phi) is 10.5. The van der Waals surface area contributed by atoms with E-state index in [1.54, 1.807) is 6.20 Å². The maximum Gasteiger partial charge on any atom is 0.333 e. The topological polar surface area (TPSA) is 56.3 Å². The summed E-state index contributed by atoms with van der Waals surface area (Å²) in [7, 11) is 0. The molecule has 1 aliphatic carbocycles. The number of hydrogen-bond acceptors (Lipinski definition) is 4. The van der Waals surface area contributed by atoms with Crippen molar-refractivity contribution < 1.29 is 14.3 Å². The number of aromatic nitrogens is 1. The quantitative estimate of drug-likeness (QED) is 0.245. The summed E-state index contributed by atoms with van der Waals surface area (Å²) in [4.78, 5) is 29.5. The molecule has 1 aromatic heterocycles. The van der Waals surface area contributed by atoms with Gasteiger partial charge in [0.15, 0.2) is 0 Å². The van der Waals surface area contributed by atoms with Gasteiger partial charge in [0, 0.05) is 30.3 Å². The van der Waals surface area contributed by atoms with Gasteiger partial charge < -0.3 is 4.74 Å². The molecule has 2 rings (SSSR count). The van der Waals surface area contributed by atoms with Crippen LogP contribution in [0.1, 0.15) is 97.5 Å². The molecule has 33 heavy (non-hydrogen) atoms. The van der Waals surface area contributed by atoms with Gasteiger partial charge in [-0.05, 0) is 94.8 Å². The Balaban J connectivity index is 1.78. The van der Waals surface area contributed by atoms with Crippen LogP contribution >= 0.6 is 0 Å². The Hall–Kier alpha value is -2.23. The average molecular weight is 454 g/mol. The number of carbonyl (C=O) groups is 2. The fourth-order valence-electron chi connectivity index (χ4n) is 4.77. The first kappa shape index (κ1) is 27.0. The normalized spacial score (nSPS) is 19.5. The molecule has 0 spiro atoms. The second kappa shape index (κ2) is 12.9. The standard InChI is InChI=1S/C29H43NO3/c1-7-9-23(12-11-21(2)26-10-8-17-30-20-26)19-27(31)25-15-13-24(14-16-25)18-22(3)28(32)33-29(4,5)6/h8,10,17,20,23-25H,2-3,7,9,11-16,18-19H2,1,4-6H3. The summed E-state index contributed by atoms with van der Waals surface area (Å²) in [5, 5.41) is 0. The van der Waals surface area contributed by atoms with E-state index in [9.17, 15) is 9.59 Å². The number of carbonyl (C=O) groups excluding carboxylic acids is 2. The largest absolute Gasteiger partial charge is 0.457 e. The maximum absolute atomic E-state index is 13.1. The lowest BCUT2D eigenvalue weighted by atomic mass is 9.75. The van der Waals surface area contributed by atoms with Gasteiger partial charge in [-0.3, -0.25) is 9.78 Å². The van der Waals surface area contributed by atoms with E-state index in [0.717, 1.165) is 62.5 Å². The monoisotopic (exact) mass is 453 g/mol. The molecule has 1 saturated carbocycles. The summed E-state index contributed by atoms with van der Waals surface area (Å²) >= 11 is 0. The van der Waals surface area contributed by atoms with Crippen LogP contribution in [0, 0.1) is 17.8 Å². The fraction of sp³-hybridized carbons (Fsp3) is 0.621. The van der Waals surface area contributed by atoms with Gasteiger partial charge in [-0.2, -0.15) is 0 Å². The third kappa shape index (κ3) is 9.65. The number of rotatable bonds is 12. The van der Waals surface area contributed by atoms with Crippen LogP contribution in [0.2, 0.25) is 0 Å². The third-order valence-electron chi connectivity index (χ3n) is 6.64. The lowest BCUT2D eigenvalue weighted by Gasteiger charge is -2.29. The first-order valence-corrected chi connectivity index (χ1v) is 12.6. The van der Waals surface area contributed by atoms with Crippen LogP contribution in [0.3, 0.4) is 0 Å². The SMILES string of the molecule is C=C(CC1CCC(C(=O)CC(CCC)CCC(=C)c2cccnc2)CC1)C(=O)OC(C)(C)C. The maximum atomic E-state index is 13.1. The summed E-state index contributed by atoms with van der Waals surface area (Å²) in [6.07, 6.45) is 12.9. The van der Waals surface area contributed by atoms with Gasteiger partial charge in [0.25, 0.3) is 0 Å². The molecule has 1 fully saturated rings. The van der Waals surface area contributed by atoms with E-state index in [4.69, 9.17) is 4.74 Å². The van der Waals surface area contributed by atoms with E-state index in [2.05, 4.69) is 25.1 Å². The molecule has 0 bridgehead atoms. The predicted octanol–water partition coefficient (Wildman–Crippen LogP) is 7.34. The molecule has 0 amide bonds. The van der Waals surface area contributed by atoms with Crippen molar-refractivity contribution in [3.8, 4) is 0 Å². The number of allylic oxidation sites excluding steroid dienone is 1. The highest BCUT2D eigenvalue weighted by Crippen LogP contribution is 2.35. The number of nitrogens with zero attached hydrogens (tertiary/aromatic N) is 1. The van der Waals surface area contributed by atoms with E-state index in [-0.39, 0.29) is 11.9 Å². The van der Waals surface area contributed by atoms with Crippen LogP contribution in [0.4, 0.5) is 0 Å². The molecule has 0 saturated heterocycles. The molecule has 1 unspecified atom stereocenters. The van der Waals surface area contributed by atoms with Crippen LogP contribution in [-0.4, -0.2) is 22.3 Å². The molecule has 1 aliphatic rings. The molecule has 4 heteroatoms. The predicted molar refractivity (Wildman–Crippen MR) is 136 cm³/mol. The van der Waals surface area contributed by atoms with Gasteiger partial charge in [-0.15, -0.1) is 0 Å². The zero-order valence-corrected chi connectivity index (χ0v) is 21.2. The Morgan fingerprint density at radius 3 is 2.42 bits per heavy atom. The van der Waals surface area contributed by atoms with E-state index >= 15 is 0 Å². The van der Waals surface area contributed by atoms with Crippen molar-refractivity contribution in [2.45, 2.75) is 97.5 Å². The van der Waals surface area contributed by atoms with Crippen LogP contribution in [-0.2, 0) is 14.3 Å². The Labute approximate surface area is 200 Å². The Morgan fingerprint density at radius 1 is 1.15 bits per heavy atom. The minimum Gasteiger partial charge on any atom is -0.457 e. The van der Waals surface area contributed by atoms with Gasteiger partial charge in [-0.25, -0.2) is 4.79 Å². The molecule has 0 radical (unpaired) electrons. The van der Waals surface area contributed by atoms with Crippen LogP contribution in [0.15, 0.2) is 43.3 Å². The van der Waals surface area contributed by atoms with Crippen molar-refractivity contribution in [1.82, 2.24) is 4.98 Å². The minimum atomic E-state index is -0.497. The summed E-state index contributed by atoms with van der Waals surface area (Å²) < 4.78 is 5.43. The number of pyridine rings is 1. The number of ketones is 1. The zero-order chi connectivity index (χ0) is 24.4. The summed E-state index contributed by atoms with van der Waals surface area (Å²) in [5.41, 5.74) is 2.24. The van der Waals surface area contributed by atoms with Crippen LogP contribution < -0.4 is 0 Å². The first-order valence-electron chi connectivity index (χ1n) is 12.6. The minimum absolute atomic E-state index is 0.164. The van der Waals surface area contributed by atoms with E-state index in [1.165, 1.54) is 0 Å². The Bertz CT molecular complexity index is 798. The van der Waals surface area contributed by atoms with E-state index in [0.29, 0.717) is 36.0 Å². The van der Waals surface area contributed by atoms with Crippen molar-refractivity contribution >= 4 is 17.3 Å². The molecule has 0 aromatic carbocycles. The summed E-state index contributed by atoms with van der Waals surface area (Å²) in [6.45, 7) is 16.0. The van der Waals surface area contributed by atoms with Crippen molar-refractivity contribution in [3.05, 3.63) is 48.8 Å².